The molecule has 0 atom stereocenters. The molecule has 0 aromatic heterocycles. The van der Waals surface area contributed by atoms with Crippen molar-refractivity contribution >= 4 is 21.7 Å². The van der Waals surface area contributed by atoms with Crippen LogP contribution in [-0.4, -0.2) is 55.4 Å². The van der Waals surface area contributed by atoms with Crippen LogP contribution < -0.4 is 4.74 Å². The highest BCUT2D eigenvalue weighted by atomic mass is 32.2. The van der Waals surface area contributed by atoms with Gasteiger partial charge in [0.25, 0.3) is 10.0 Å². The molecule has 136 valence electrons. The number of guanidine groups is 1. The molecule has 26 heavy (non-hydrogen) atoms. The van der Waals surface area contributed by atoms with E-state index in [0.29, 0.717) is 43.5 Å². The second-order valence-electron chi connectivity index (χ2n) is 6.20. The summed E-state index contributed by atoms with van der Waals surface area (Å²) < 4.78 is 32.0. The number of methoxy groups -OCH3 is 1. The maximum absolute atomic E-state index is 12.8. The minimum Gasteiger partial charge on any atom is -0.504 e. The molecule has 2 aromatic carbocycles. The minimum atomic E-state index is -3.55. The predicted molar refractivity (Wildman–Crippen MR) is 97.4 cm³/mol. The molecule has 2 aliphatic rings. The normalized spacial score (nSPS) is 17.5. The van der Waals surface area contributed by atoms with Gasteiger partial charge in [0.2, 0.25) is 5.96 Å². The average molecular weight is 373 g/mol. The quantitative estimate of drug-likeness (QED) is 0.886. The van der Waals surface area contributed by atoms with E-state index >= 15 is 0 Å². The molecule has 0 saturated carbocycles. The van der Waals surface area contributed by atoms with Gasteiger partial charge in [-0.1, -0.05) is 18.2 Å². The van der Waals surface area contributed by atoms with Gasteiger partial charge in [-0.2, -0.15) is 0 Å². The fourth-order valence-electron chi connectivity index (χ4n) is 3.28. The number of ether oxygens (including phenoxy) is 1. The first-order chi connectivity index (χ1) is 12.5. The highest BCUT2D eigenvalue weighted by Crippen LogP contribution is 2.34. The summed E-state index contributed by atoms with van der Waals surface area (Å²) in [5, 5.41) is 9.90. The van der Waals surface area contributed by atoms with Crippen molar-refractivity contribution in [3.05, 3.63) is 48.0 Å². The van der Waals surface area contributed by atoms with Crippen LogP contribution in [0, 0.1) is 0 Å². The zero-order valence-electron chi connectivity index (χ0n) is 14.3. The molecule has 4 rings (SSSR count). The van der Waals surface area contributed by atoms with Crippen LogP contribution in [0.1, 0.15) is 5.56 Å². The van der Waals surface area contributed by atoms with E-state index in [9.17, 15) is 13.5 Å². The molecule has 0 spiro atoms. The molecule has 0 aliphatic carbocycles. The minimum absolute atomic E-state index is 0.0968. The first-order valence-electron chi connectivity index (χ1n) is 8.32. The van der Waals surface area contributed by atoms with Crippen LogP contribution in [-0.2, 0) is 16.4 Å². The number of sulfonamides is 1. The Balaban J connectivity index is 1.57. The Kier molecular flexibility index (Phi) is 3.99. The van der Waals surface area contributed by atoms with Gasteiger partial charge >= 0.3 is 0 Å². The van der Waals surface area contributed by atoms with E-state index in [2.05, 4.69) is 4.99 Å². The van der Waals surface area contributed by atoms with Crippen LogP contribution in [0.5, 0.6) is 11.5 Å². The number of hydrogen-bond donors (Lipinski definition) is 1. The maximum atomic E-state index is 12.8. The number of rotatable bonds is 4. The zero-order valence-corrected chi connectivity index (χ0v) is 15.1. The summed E-state index contributed by atoms with van der Waals surface area (Å²) in [5.41, 5.74) is 1.43. The van der Waals surface area contributed by atoms with E-state index < -0.39 is 10.0 Å². The lowest BCUT2D eigenvalue weighted by Crippen LogP contribution is -2.40. The number of para-hydroxylation sites is 1. The molecule has 0 radical (unpaired) electrons. The molecule has 2 aromatic rings. The topological polar surface area (TPSA) is 82.4 Å². The summed E-state index contributed by atoms with van der Waals surface area (Å²) in [6, 6.07) is 12.1. The Morgan fingerprint density at radius 2 is 2.00 bits per heavy atom. The van der Waals surface area contributed by atoms with E-state index in [1.807, 2.05) is 11.0 Å². The van der Waals surface area contributed by atoms with Gasteiger partial charge in [0.15, 0.2) is 11.5 Å². The van der Waals surface area contributed by atoms with Gasteiger partial charge in [-0.25, -0.2) is 17.7 Å². The van der Waals surface area contributed by atoms with Gasteiger partial charge in [-0.05, 0) is 36.2 Å². The van der Waals surface area contributed by atoms with Crippen LogP contribution >= 0.6 is 0 Å². The Bertz CT molecular complexity index is 988. The van der Waals surface area contributed by atoms with Crippen molar-refractivity contribution in [3.63, 3.8) is 0 Å². The molecule has 2 aliphatic heterocycles. The van der Waals surface area contributed by atoms with Gasteiger partial charge in [0, 0.05) is 13.1 Å². The summed E-state index contributed by atoms with van der Waals surface area (Å²) in [7, 11) is -2.04. The third-order valence-corrected chi connectivity index (χ3v) is 6.47. The summed E-state index contributed by atoms with van der Waals surface area (Å²) in [4.78, 5) is 6.78. The Labute approximate surface area is 152 Å². The molecule has 1 saturated heterocycles. The Morgan fingerprint density at radius 3 is 2.77 bits per heavy atom. The Hall–Kier alpha value is -2.74. The predicted octanol–water partition coefficient (Wildman–Crippen LogP) is 1.95. The SMILES string of the molecule is COc1ccc(CCN2CCN3C2=Nc2ccccc2S3(=O)=O)cc1O. The van der Waals surface area contributed by atoms with Crippen molar-refractivity contribution in [2.24, 2.45) is 4.99 Å². The van der Waals surface area contributed by atoms with E-state index in [1.165, 1.54) is 11.4 Å². The van der Waals surface area contributed by atoms with Gasteiger partial charge in [0.1, 0.15) is 4.90 Å². The van der Waals surface area contributed by atoms with Crippen LogP contribution in [0.3, 0.4) is 0 Å². The zero-order chi connectivity index (χ0) is 18.3. The summed E-state index contributed by atoms with van der Waals surface area (Å²) >= 11 is 0. The molecule has 0 unspecified atom stereocenters. The molecular formula is C18H19N3O4S. The van der Waals surface area contributed by atoms with Crippen molar-refractivity contribution in [2.45, 2.75) is 11.3 Å². The first-order valence-corrected chi connectivity index (χ1v) is 9.76. The van der Waals surface area contributed by atoms with Crippen LogP contribution in [0.4, 0.5) is 5.69 Å². The second kappa shape index (κ2) is 6.21. The fourth-order valence-corrected chi connectivity index (χ4v) is 4.84. The van der Waals surface area contributed by atoms with Crippen LogP contribution in [0.25, 0.3) is 0 Å². The molecule has 0 bridgehead atoms. The van der Waals surface area contributed by atoms with Gasteiger partial charge < -0.3 is 14.7 Å². The number of phenolic OH excluding ortho intramolecular Hbond substituents is 1. The molecule has 1 fully saturated rings. The standard InChI is InChI=1S/C18H19N3O4S/c1-25-16-7-6-13(12-15(16)22)8-9-20-10-11-21-18(20)19-14-4-2-3-5-17(14)26(21,23)24/h2-7,12,22H,8-11H2,1H3. The highest BCUT2D eigenvalue weighted by molar-refractivity contribution is 7.90. The van der Waals surface area contributed by atoms with Gasteiger partial charge in [-0.3, -0.25) is 0 Å². The van der Waals surface area contributed by atoms with Gasteiger partial charge in [0.05, 0.1) is 19.3 Å². The monoisotopic (exact) mass is 373 g/mol. The summed E-state index contributed by atoms with van der Waals surface area (Å²) in [6.45, 7) is 1.59. The lowest BCUT2D eigenvalue weighted by atomic mass is 10.1. The largest absolute Gasteiger partial charge is 0.504 e. The van der Waals surface area contributed by atoms with E-state index in [-0.39, 0.29) is 10.6 Å². The molecule has 1 N–H and O–H groups in total. The number of benzene rings is 2. The number of phenols is 1. The third-order valence-electron chi connectivity index (χ3n) is 4.65. The second-order valence-corrected chi connectivity index (χ2v) is 8.03. The average Bonchev–Trinajstić information content (AvgIpc) is 3.04. The lowest BCUT2D eigenvalue weighted by Gasteiger charge is -2.27. The van der Waals surface area contributed by atoms with Crippen LogP contribution in [0.2, 0.25) is 0 Å². The first kappa shape index (κ1) is 16.7. The summed E-state index contributed by atoms with van der Waals surface area (Å²) in [6.07, 6.45) is 0.659. The van der Waals surface area contributed by atoms with Crippen molar-refractivity contribution in [2.75, 3.05) is 26.7 Å². The van der Waals surface area contributed by atoms with Crippen molar-refractivity contribution in [3.8, 4) is 11.5 Å². The fraction of sp³-hybridized carbons (Fsp3) is 0.278. The van der Waals surface area contributed by atoms with E-state index in [0.717, 1.165) is 5.56 Å². The molecule has 2 heterocycles. The third kappa shape index (κ3) is 2.66. The van der Waals surface area contributed by atoms with Crippen molar-refractivity contribution < 1.29 is 18.3 Å². The lowest BCUT2D eigenvalue weighted by molar-refractivity contribution is 0.372. The van der Waals surface area contributed by atoms with E-state index in [4.69, 9.17) is 4.74 Å². The number of nitrogens with zero attached hydrogens (tertiary/aromatic N) is 3. The Morgan fingerprint density at radius 1 is 1.19 bits per heavy atom. The van der Waals surface area contributed by atoms with Crippen molar-refractivity contribution in [1.82, 2.24) is 9.21 Å². The van der Waals surface area contributed by atoms with Gasteiger partial charge in [-0.15, -0.1) is 0 Å². The van der Waals surface area contributed by atoms with Crippen molar-refractivity contribution in [1.29, 1.82) is 0 Å². The smallest absolute Gasteiger partial charge is 0.268 e. The highest BCUT2D eigenvalue weighted by Gasteiger charge is 2.40. The molecule has 7 nitrogen and oxygen atoms in total. The molecular weight excluding hydrogens is 354 g/mol. The number of fused-ring (bicyclic) bond motifs is 2. The molecule has 0 amide bonds. The van der Waals surface area contributed by atoms with E-state index in [1.54, 1.807) is 36.4 Å². The number of hydrogen-bond acceptors (Lipinski definition) is 6. The number of aromatic hydroxyl groups is 1. The maximum Gasteiger partial charge on any atom is 0.268 e. The van der Waals surface area contributed by atoms with Crippen LogP contribution in [0.15, 0.2) is 52.4 Å². The number of aliphatic imine (C=N–C) groups is 1. The summed E-state index contributed by atoms with van der Waals surface area (Å²) in [5.74, 6) is 1.00. The molecule has 8 heteroatoms.